The Balaban J connectivity index is 0.000000138. The van der Waals surface area contributed by atoms with E-state index in [0.717, 1.165) is 68.7 Å². The van der Waals surface area contributed by atoms with Crippen LogP contribution in [-0.4, -0.2) is 40.3 Å². The molecule has 2 atom stereocenters. The van der Waals surface area contributed by atoms with Gasteiger partial charge in [0, 0.05) is 59.3 Å². The highest BCUT2D eigenvalue weighted by molar-refractivity contribution is 7.13. The first-order valence-corrected chi connectivity index (χ1v) is 18.8. The lowest BCUT2D eigenvalue weighted by atomic mass is 9.70. The largest absolute Gasteiger partial charge is 0.281 e. The predicted octanol–water partition coefficient (Wildman–Crippen LogP) is 8.97. The molecule has 10 heteroatoms. The van der Waals surface area contributed by atoms with Crippen molar-refractivity contribution in [3.8, 4) is 22.0 Å². The summed E-state index contributed by atoms with van der Waals surface area (Å²) in [5.41, 5.74) is 14.9. The van der Waals surface area contributed by atoms with Gasteiger partial charge in [0.25, 0.3) is 0 Å². The number of thiazole rings is 2. The van der Waals surface area contributed by atoms with Gasteiger partial charge in [-0.3, -0.25) is 25.1 Å². The van der Waals surface area contributed by atoms with E-state index in [1.165, 1.54) is 11.1 Å². The van der Waals surface area contributed by atoms with E-state index >= 15 is 0 Å². The van der Waals surface area contributed by atoms with Gasteiger partial charge in [0.15, 0.2) is 0 Å². The maximum atomic E-state index is 4.69. The fourth-order valence-electron chi connectivity index (χ4n) is 7.34. The quantitative estimate of drug-likeness (QED) is 0.178. The fourth-order valence-corrected chi connectivity index (χ4v) is 8.50. The molecule has 6 heterocycles. The molecular formula is C42H32N8S2. The van der Waals surface area contributed by atoms with Crippen molar-refractivity contribution in [2.45, 2.75) is 23.7 Å². The van der Waals surface area contributed by atoms with Crippen molar-refractivity contribution in [3.05, 3.63) is 189 Å². The van der Waals surface area contributed by atoms with E-state index in [1.807, 2.05) is 71.4 Å². The molecule has 2 aromatic carbocycles. The van der Waals surface area contributed by atoms with E-state index in [1.54, 1.807) is 22.7 Å². The summed E-state index contributed by atoms with van der Waals surface area (Å²) >= 11 is 3.19. The van der Waals surface area contributed by atoms with E-state index < -0.39 is 0 Å². The third-order valence-corrected chi connectivity index (χ3v) is 11.3. The summed E-state index contributed by atoms with van der Waals surface area (Å²) in [6, 6.07) is 33.3. The fraction of sp³-hybridized carbons (Fsp3) is 0.0952. The second-order valence-electron chi connectivity index (χ2n) is 12.8. The van der Waals surface area contributed by atoms with Gasteiger partial charge >= 0.3 is 0 Å². The molecule has 2 aliphatic rings. The number of H-pyrrole nitrogens is 2. The first-order chi connectivity index (χ1) is 25.7. The SMILES string of the molecule is C1=CC(c2ccccc2)(c2ccccn2)Cc2[nH]nc(-c3cncs3)c21.C1=CC(c2ccccc2)(c2ccccn2)Cc2[nH]nc(-c3cscn3)c21. The van der Waals surface area contributed by atoms with E-state index in [9.17, 15) is 0 Å². The number of aromatic amines is 2. The zero-order valence-electron chi connectivity index (χ0n) is 27.9. The van der Waals surface area contributed by atoms with Gasteiger partial charge < -0.3 is 0 Å². The van der Waals surface area contributed by atoms with Crippen molar-refractivity contribution in [3.63, 3.8) is 0 Å². The molecule has 2 aliphatic carbocycles. The van der Waals surface area contributed by atoms with Crippen molar-refractivity contribution in [1.82, 2.24) is 40.3 Å². The van der Waals surface area contributed by atoms with Gasteiger partial charge in [0.05, 0.1) is 38.1 Å². The molecule has 52 heavy (non-hydrogen) atoms. The van der Waals surface area contributed by atoms with Crippen LogP contribution in [0.15, 0.2) is 144 Å². The van der Waals surface area contributed by atoms with Gasteiger partial charge in [0.1, 0.15) is 17.1 Å². The lowest BCUT2D eigenvalue weighted by Crippen LogP contribution is -2.31. The lowest BCUT2D eigenvalue weighted by Gasteiger charge is -2.33. The molecule has 0 fully saturated rings. The molecule has 0 aliphatic heterocycles. The van der Waals surface area contributed by atoms with Crippen LogP contribution in [0.1, 0.15) is 45.0 Å². The molecule has 0 amide bonds. The Morgan fingerprint density at radius 2 is 1.13 bits per heavy atom. The molecule has 8 aromatic rings. The van der Waals surface area contributed by atoms with E-state index in [2.05, 4.69) is 125 Å². The van der Waals surface area contributed by atoms with Crippen molar-refractivity contribution in [2.75, 3.05) is 0 Å². The number of hydrogen-bond donors (Lipinski definition) is 2. The van der Waals surface area contributed by atoms with Crippen LogP contribution < -0.4 is 0 Å². The maximum Gasteiger partial charge on any atom is 0.119 e. The predicted molar refractivity (Wildman–Crippen MR) is 208 cm³/mol. The highest BCUT2D eigenvalue weighted by Gasteiger charge is 2.39. The number of nitrogens with zero attached hydrogens (tertiary/aromatic N) is 6. The number of fused-ring (bicyclic) bond motifs is 2. The Hall–Kier alpha value is -6.10. The number of nitrogens with one attached hydrogen (secondary N) is 2. The molecule has 8 nitrogen and oxygen atoms in total. The van der Waals surface area contributed by atoms with Crippen LogP contribution in [0.2, 0.25) is 0 Å². The maximum absolute atomic E-state index is 4.69. The molecular weight excluding hydrogens is 681 g/mol. The first-order valence-electron chi connectivity index (χ1n) is 17.0. The zero-order chi connectivity index (χ0) is 34.8. The normalized spacial score (nSPS) is 18.6. The summed E-state index contributed by atoms with van der Waals surface area (Å²) in [6.45, 7) is 0. The van der Waals surface area contributed by atoms with Crippen LogP contribution in [0.25, 0.3) is 34.1 Å². The zero-order valence-corrected chi connectivity index (χ0v) is 29.6. The van der Waals surface area contributed by atoms with Gasteiger partial charge in [-0.15, -0.1) is 22.7 Å². The Morgan fingerprint density at radius 1 is 0.577 bits per heavy atom. The Morgan fingerprint density at radius 3 is 1.63 bits per heavy atom. The van der Waals surface area contributed by atoms with Crippen molar-refractivity contribution in [2.24, 2.45) is 0 Å². The second kappa shape index (κ2) is 13.6. The molecule has 6 aromatic heterocycles. The van der Waals surface area contributed by atoms with Crippen LogP contribution in [0.5, 0.6) is 0 Å². The van der Waals surface area contributed by atoms with Gasteiger partial charge in [-0.1, -0.05) is 97.1 Å². The monoisotopic (exact) mass is 712 g/mol. The van der Waals surface area contributed by atoms with Crippen molar-refractivity contribution >= 4 is 34.8 Å². The summed E-state index contributed by atoms with van der Waals surface area (Å²) in [4.78, 5) is 19.0. The Labute approximate surface area is 308 Å². The van der Waals surface area contributed by atoms with Crippen LogP contribution in [-0.2, 0) is 23.7 Å². The van der Waals surface area contributed by atoms with Crippen molar-refractivity contribution < 1.29 is 0 Å². The molecule has 0 saturated heterocycles. The number of aromatic nitrogens is 8. The summed E-state index contributed by atoms with van der Waals surface area (Å²) in [5, 5.41) is 17.6. The summed E-state index contributed by atoms with van der Waals surface area (Å²) < 4.78 is 0. The van der Waals surface area contributed by atoms with Gasteiger partial charge in [-0.2, -0.15) is 10.2 Å². The van der Waals surface area contributed by atoms with Gasteiger partial charge in [-0.25, -0.2) is 4.98 Å². The number of hydrogen-bond acceptors (Lipinski definition) is 8. The molecule has 0 spiro atoms. The molecule has 10 rings (SSSR count). The lowest BCUT2D eigenvalue weighted by molar-refractivity contribution is 0.601. The number of benzene rings is 2. The topological polar surface area (TPSA) is 109 Å². The average Bonchev–Trinajstić information content (AvgIpc) is 4.07. The minimum Gasteiger partial charge on any atom is -0.281 e. The van der Waals surface area contributed by atoms with Crippen LogP contribution in [0.4, 0.5) is 0 Å². The number of allylic oxidation sites excluding steroid dienone is 2. The Kier molecular flexibility index (Phi) is 8.30. The highest BCUT2D eigenvalue weighted by atomic mass is 32.1. The standard InChI is InChI=1S/2C21H16N4S/c1-2-6-15(7-3-1)21(19-8-4-5-11-23-19)10-9-16-17(12-21)24-25-20(16)18-13-22-14-26-18;1-2-6-15(7-3-1)21(19-8-4-5-11-22-19)10-9-16-17(12-21)24-25-20(16)18-13-26-14-23-18/h2*1-11,13-14H,12H2,(H,24,25). The van der Waals surface area contributed by atoms with Gasteiger partial charge in [0.2, 0.25) is 0 Å². The molecule has 2 unspecified atom stereocenters. The molecule has 252 valence electrons. The molecule has 2 N–H and O–H groups in total. The third kappa shape index (κ3) is 5.62. The van der Waals surface area contributed by atoms with Crippen LogP contribution in [0.3, 0.4) is 0 Å². The van der Waals surface area contributed by atoms with Crippen LogP contribution >= 0.6 is 22.7 Å². The average molecular weight is 713 g/mol. The van der Waals surface area contributed by atoms with Gasteiger partial charge in [-0.05, 0) is 35.4 Å². The summed E-state index contributed by atoms with van der Waals surface area (Å²) in [5.74, 6) is 0. The smallest absolute Gasteiger partial charge is 0.119 e. The number of rotatable bonds is 6. The Bertz CT molecular complexity index is 2200. The van der Waals surface area contributed by atoms with E-state index in [0.29, 0.717) is 0 Å². The molecule has 0 radical (unpaired) electrons. The van der Waals surface area contributed by atoms with Crippen LogP contribution in [0, 0.1) is 0 Å². The second-order valence-corrected chi connectivity index (χ2v) is 14.4. The van der Waals surface area contributed by atoms with Crippen molar-refractivity contribution in [1.29, 1.82) is 0 Å². The summed E-state index contributed by atoms with van der Waals surface area (Å²) in [7, 11) is 0. The molecule has 0 bridgehead atoms. The third-order valence-electron chi connectivity index (χ3n) is 9.91. The van der Waals surface area contributed by atoms with E-state index in [4.69, 9.17) is 0 Å². The minimum atomic E-state index is -0.304. The first kappa shape index (κ1) is 31.9. The number of pyridine rings is 2. The molecule has 0 saturated carbocycles. The van der Waals surface area contributed by atoms with E-state index in [-0.39, 0.29) is 10.8 Å². The minimum absolute atomic E-state index is 0.299. The highest BCUT2D eigenvalue weighted by Crippen LogP contribution is 2.44. The summed E-state index contributed by atoms with van der Waals surface area (Å²) in [6.07, 6.45) is 16.1.